The number of aromatic hydroxyl groups is 4. The number of fused-ring (bicyclic) bond motifs is 1. The van der Waals surface area contributed by atoms with Crippen molar-refractivity contribution in [2.24, 2.45) is 0 Å². The van der Waals surface area contributed by atoms with Crippen molar-refractivity contribution in [1.82, 2.24) is 0 Å². The molecule has 1 aliphatic rings. The molecule has 0 saturated carbocycles. The van der Waals surface area contributed by atoms with Gasteiger partial charge < -0.3 is 34.6 Å². The van der Waals surface area contributed by atoms with E-state index in [0.29, 0.717) is 11.1 Å². The lowest BCUT2D eigenvalue weighted by atomic mass is 9.93. The number of hydrogen-bond acceptors (Lipinski definition) is 8. The molecule has 28 heavy (non-hydrogen) atoms. The summed E-state index contributed by atoms with van der Waals surface area (Å²) >= 11 is 0. The zero-order chi connectivity index (χ0) is 20.6. The summed E-state index contributed by atoms with van der Waals surface area (Å²) in [5, 5.41) is 39.2. The van der Waals surface area contributed by atoms with Gasteiger partial charge >= 0.3 is 6.16 Å². The maximum absolute atomic E-state index is 12.2. The Morgan fingerprint density at radius 1 is 1.04 bits per heavy atom. The van der Waals surface area contributed by atoms with E-state index in [4.69, 9.17) is 14.2 Å². The Morgan fingerprint density at radius 3 is 2.39 bits per heavy atom. The van der Waals surface area contributed by atoms with Crippen LogP contribution in [0.1, 0.15) is 38.0 Å². The monoisotopic (exact) mass is 390 g/mol. The standard InChI is InChI=1S/C20H22O8/c1-20(2,3)28-19(25)27-17-9-12-14(23)7-11(21)8-16(12)26-18(17)10-4-5-13(22)15(24)6-10/h4-8,17-18,21-24H,9H2,1-3H3/t17-,18?/m0/s1. The fourth-order valence-electron chi connectivity index (χ4n) is 2.95. The van der Waals surface area contributed by atoms with Gasteiger partial charge in [-0.05, 0) is 32.9 Å². The van der Waals surface area contributed by atoms with Crippen LogP contribution in [0.5, 0.6) is 28.7 Å². The SMILES string of the molecule is CC(C)(C)OC(=O)O[C@H]1Cc2c(O)cc(O)cc2OC1c1ccc(O)c(O)c1. The third kappa shape index (κ3) is 4.16. The van der Waals surface area contributed by atoms with Crippen LogP contribution in [-0.4, -0.2) is 38.3 Å². The maximum Gasteiger partial charge on any atom is 0.509 e. The Morgan fingerprint density at radius 2 is 1.75 bits per heavy atom. The molecular formula is C20H22O8. The molecular weight excluding hydrogens is 368 g/mol. The van der Waals surface area contributed by atoms with Gasteiger partial charge in [-0.3, -0.25) is 0 Å². The van der Waals surface area contributed by atoms with Gasteiger partial charge in [-0.15, -0.1) is 0 Å². The van der Waals surface area contributed by atoms with E-state index in [1.54, 1.807) is 20.8 Å². The molecule has 8 heteroatoms. The Balaban J connectivity index is 1.97. The summed E-state index contributed by atoms with van der Waals surface area (Å²) in [6, 6.07) is 6.59. The third-order valence-corrected chi connectivity index (χ3v) is 4.13. The van der Waals surface area contributed by atoms with Gasteiger partial charge in [-0.25, -0.2) is 4.79 Å². The first-order chi connectivity index (χ1) is 13.0. The normalized spacial score (nSPS) is 18.7. The van der Waals surface area contributed by atoms with E-state index in [2.05, 4.69) is 0 Å². The highest BCUT2D eigenvalue weighted by molar-refractivity contribution is 5.61. The molecule has 0 aliphatic carbocycles. The van der Waals surface area contributed by atoms with Gasteiger partial charge in [-0.1, -0.05) is 6.07 Å². The topological polar surface area (TPSA) is 126 Å². The van der Waals surface area contributed by atoms with Crippen molar-refractivity contribution in [2.45, 2.75) is 45.0 Å². The van der Waals surface area contributed by atoms with Gasteiger partial charge in [0, 0.05) is 29.7 Å². The van der Waals surface area contributed by atoms with Crippen LogP contribution in [0.4, 0.5) is 4.79 Å². The zero-order valence-electron chi connectivity index (χ0n) is 15.7. The van der Waals surface area contributed by atoms with Crippen LogP contribution in [0.25, 0.3) is 0 Å². The molecule has 1 heterocycles. The first-order valence-corrected chi connectivity index (χ1v) is 8.66. The molecule has 0 spiro atoms. The molecule has 0 amide bonds. The molecule has 0 fully saturated rings. The molecule has 0 radical (unpaired) electrons. The molecule has 0 saturated heterocycles. The highest BCUT2D eigenvalue weighted by Crippen LogP contribution is 2.43. The predicted octanol–water partition coefficient (Wildman–Crippen LogP) is 3.51. The Hall–Kier alpha value is -3.29. The van der Waals surface area contributed by atoms with Crippen molar-refractivity contribution in [3.63, 3.8) is 0 Å². The van der Waals surface area contributed by atoms with E-state index in [0.717, 1.165) is 0 Å². The van der Waals surface area contributed by atoms with Crippen LogP contribution in [0.2, 0.25) is 0 Å². The number of benzene rings is 2. The van der Waals surface area contributed by atoms with E-state index in [1.165, 1.54) is 30.3 Å². The molecule has 0 bridgehead atoms. The number of hydrogen-bond donors (Lipinski definition) is 4. The first-order valence-electron chi connectivity index (χ1n) is 8.66. The fourth-order valence-corrected chi connectivity index (χ4v) is 2.95. The summed E-state index contributed by atoms with van der Waals surface area (Å²) in [5.74, 6) is -0.824. The number of ether oxygens (including phenoxy) is 3. The fraction of sp³-hybridized carbons (Fsp3) is 0.350. The van der Waals surface area contributed by atoms with Gasteiger partial charge in [0.05, 0.1) is 0 Å². The van der Waals surface area contributed by atoms with Crippen molar-refractivity contribution >= 4 is 6.16 Å². The van der Waals surface area contributed by atoms with Crippen LogP contribution in [0.15, 0.2) is 30.3 Å². The summed E-state index contributed by atoms with van der Waals surface area (Å²) in [6.07, 6.45) is -2.57. The van der Waals surface area contributed by atoms with Gasteiger partial charge in [0.25, 0.3) is 0 Å². The molecule has 1 unspecified atom stereocenters. The highest BCUT2D eigenvalue weighted by Gasteiger charge is 2.37. The predicted molar refractivity (Wildman–Crippen MR) is 97.7 cm³/mol. The first kappa shape index (κ1) is 19.5. The summed E-state index contributed by atoms with van der Waals surface area (Å²) < 4.78 is 16.5. The summed E-state index contributed by atoms with van der Waals surface area (Å²) in [6.45, 7) is 5.10. The number of rotatable bonds is 2. The minimum Gasteiger partial charge on any atom is -0.508 e. The molecule has 0 aromatic heterocycles. The second-order valence-corrected chi connectivity index (χ2v) is 7.55. The lowest BCUT2D eigenvalue weighted by Crippen LogP contribution is -2.36. The largest absolute Gasteiger partial charge is 0.509 e. The van der Waals surface area contributed by atoms with Gasteiger partial charge in [0.15, 0.2) is 23.7 Å². The molecule has 2 aromatic carbocycles. The summed E-state index contributed by atoms with van der Waals surface area (Å²) in [7, 11) is 0. The van der Waals surface area contributed by atoms with Gasteiger partial charge in [0.1, 0.15) is 22.8 Å². The average molecular weight is 390 g/mol. The molecule has 8 nitrogen and oxygen atoms in total. The molecule has 2 atom stereocenters. The van der Waals surface area contributed by atoms with E-state index in [1.807, 2.05) is 0 Å². The van der Waals surface area contributed by atoms with Crippen LogP contribution in [-0.2, 0) is 15.9 Å². The smallest absolute Gasteiger partial charge is 0.508 e. The Kier molecular flexibility index (Phi) is 4.89. The molecule has 150 valence electrons. The van der Waals surface area contributed by atoms with E-state index >= 15 is 0 Å². The summed E-state index contributed by atoms with van der Waals surface area (Å²) in [4.78, 5) is 12.2. The van der Waals surface area contributed by atoms with Crippen LogP contribution in [0.3, 0.4) is 0 Å². The lowest BCUT2D eigenvalue weighted by molar-refractivity contribution is -0.0597. The van der Waals surface area contributed by atoms with Crippen molar-refractivity contribution in [3.8, 4) is 28.7 Å². The van der Waals surface area contributed by atoms with E-state index < -0.39 is 24.0 Å². The number of phenolic OH excluding ortho intramolecular Hbond substituents is 4. The van der Waals surface area contributed by atoms with Crippen molar-refractivity contribution < 1.29 is 39.4 Å². The molecule has 1 aliphatic heterocycles. The molecule has 2 aromatic rings. The number of carbonyl (C=O) groups excluding carboxylic acids is 1. The van der Waals surface area contributed by atoms with Crippen LogP contribution < -0.4 is 4.74 Å². The number of phenols is 4. The minimum absolute atomic E-state index is 0.0903. The Labute approximate surface area is 161 Å². The molecule has 3 rings (SSSR count). The van der Waals surface area contributed by atoms with E-state index in [9.17, 15) is 25.2 Å². The van der Waals surface area contributed by atoms with Crippen LogP contribution >= 0.6 is 0 Å². The lowest BCUT2D eigenvalue weighted by Gasteiger charge is -2.34. The minimum atomic E-state index is -0.907. The second-order valence-electron chi connectivity index (χ2n) is 7.55. The van der Waals surface area contributed by atoms with Crippen molar-refractivity contribution in [1.29, 1.82) is 0 Å². The average Bonchev–Trinajstić information content (AvgIpc) is 2.55. The van der Waals surface area contributed by atoms with Gasteiger partial charge in [-0.2, -0.15) is 0 Å². The summed E-state index contributed by atoms with van der Waals surface area (Å²) in [5.41, 5.74) is 0.0352. The maximum atomic E-state index is 12.2. The van der Waals surface area contributed by atoms with Crippen molar-refractivity contribution in [3.05, 3.63) is 41.5 Å². The van der Waals surface area contributed by atoms with Crippen molar-refractivity contribution in [2.75, 3.05) is 0 Å². The second kappa shape index (κ2) is 7.03. The quantitative estimate of drug-likeness (QED) is 0.453. The Bertz CT molecular complexity index is 900. The number of carbonyl (C=O) groups is 1. The highest BCUT2D eigenvalue weighted by atomic mass is 16.7. The molecule has 4 N–H and O–H groups in total. The third-order valence-electron chi connectivity index (χ3n) is 4.13. The zero-order valence-corrected chi connectivity index (χ0v) is 15.7. The van der Waals surface area contributed by atoms with E-state index in [-0.39, 0.29) is 35.2 Å². The van der Waals surface area contributed by atoms with Crippen LogP contribution in [0, 0.1) is 0 Å². The van der Waals surface area contributed by atoms with Gasteiger partial charge in [0.2, 0.25) is 0 Å².